The monoisotopic (exact) mass is 421 g/mol. The average Bonchev–Trinajstić information content (AvgIpc) is 3.24. The molecular formula is C19H23N3O6S. The van der Waals surface area contributed by atoms with E-state index in [9.17, 15) is 22.8 Å². The molecule has 2 atom stereocenters. The summed E-state index contributed by atoms with van der Waals surface area (Å²) in [7, 11) is -3.15. The molecule has 10 heteroatoms. The van der Waals surface area contributed by atoms with E-state index in [0.717, 1.165) is 25.1 Å². The normalized spacial score (nSPS) is 27.0. The number of fused-ring (bicyclic) bond motifs is 3. The maximum Gasteiger partial charge on any atom is 0.338 e. The molecule has 3 aliphatic heterocycles. The second-order valence-corrected chi connectivity index (χ2v) is 10.3. The molecule has 9 nitrogen and oxygen atoms in total. The molecule has 2 amide bonds. The lowest BCUT2D eigenvalue weighted by atomic mass is 10.0. The topological polar surface area (TPSA) is 122 Å². The Hall–Kier alpha value is -2.62. The van der Waals surface area contributed by atoms with Crippen molar-refractivity contribution in [2.24, 2.45) is 0 Å². The maximum absolute atomic E-state index is 12.3. The zero-order chi connectivity index (χ0) is 20.8. The largest absolute Gasteiger partial charge is 0.452 e. The lowest BCUT2D eigenvalue weighted by Gasteiger charge is -2.33. The van der Waals surface area contributed by atoms with E-state index in [1.54, 1.807) is 25.1 Å². The van der Waals surface area contributed by atoms with Crippen LogP contribution in [0.25, 0.3) is 0 Å². The number of nitrogens with one attached hydrogen (secondary N) is 2. The SMILES string of the molecule is C[C@]1(NC(=O)COC(=O)c2ccc3c(c2)NC(=O)[C@@H]2CCCN32)CCS(=O)(=O)C1. The summed E-state index contributed by atoms with van der Waals surface area (Å²) in [5.41, 5.74) is 0.807. The average molecular weight is 421 g/mol. The van der Waals surface area contributed by atoms with Gasteiger partial charge < -0.3 is 20.3 Å². The second kappa shape index (κ2) is 7.01. The van der Waals surface area contributed by atoms with E-state index in [0.29, 0.717) is 12.1 Å². The molecule has 2 saturated heterocycles. The van der Waals surface area contributed by atoms with Crippen molar-refractivity contribution in [1.29, 1.82) is 0 Å². The number of nitrogens with zero attached hydrogens (tertiary/aromatic N) is 1. The number of carbonyl (C=O) groups is 3. The fraction of sp³-hybridized carbons (Fsp3) is 0.526. The minimum atomic E-state index is -3.15. The predicted octanol–water partition coefficient (Wildman–Crippen LogP) is 0.458. The molecule has 1 aromatic carbocycles. The first-order valence-corrected chi connectivity index (χ1v) is 11.4. The van der Waals surface area contributed by atoms with Gasteiger partial charge in [0.15, 0.2) is 16.4 Å². The molecule has 0 spiro atoms. The van der Waals surface area contributed by atoms with Crippen LogP contribution >= 0.6 is 0 Å². The molecule has 2 fully saturated rings. The Morgan fingerprint density at radius 2 is 2.17 bits per heavy atom. The highest BCUT2D eigenvalue weighted by Gasteiger charge is 2.39. The second-order valence-electron chi connectivity index (χ2n) is 8.10. The van der Waals surface area contributed by atoms with Crippen molar-refractivity contribution in [1.82, 2.24) is 5.32 Å². The molecule has 29 heavy (non-hydrogen) atoms. The van der Waals surface area contributed by atoms with Crippen LogP contribution in [-0.4, -0.2) is 62.4 Å². The van der Waals surface area contributed by atoms with Gasteiger partial charge in [-0.2, -0.15) is 0 Å². The molecule has 0 unspecified atom stereocenters. The third-order valence-electron chi connectivity index (χ3n) is 5.63. The molecule has 2 N–H and O–H groups in total. The van der Waals surface area contributed by atoms with Gasteiger partial charge in [-0.15, -0.1) is 0 Å². The van der Waals surface area contributed by atoms with Crippen molar-refractivity contribution in [3.8, 4) is 0 Å². The van der Waals surface area contributed by atoms with Gasteiger partial charge in [-0.1, -0.05) is 0 Å². The van der Waals surface area contributed by atoms with Crippen LogP contribution in [0, 0.1) is 0 Å². The zero-order valence-electron chi connectivity index (χ0n) is 16.1. The number of ether oxygens (including phenoxy) is 1. The number of carbonyl (C=O) groups excluding carboxylic acids is 3. The summed E-state index contributed by atoms with van der Waals surface area (Å²) in [6, 6.07) is 4.77. The van der Waals surface area contributed by atoms with Gasteiger partial charge in [-0.05, 0) is 44.4 Å². The van der Waals surface area contributed by atoms with Gasteiger partial charge in [0.2, 0.25) is 5.91 Å². The predicted molar refractivity (Wildman–Crippen MR) is 106 cm³/mol. The first-order chi connectivity index (χ1) is 13.7. The highest BCUT2D eigenvalue weighted by atomic mass is 32.2. The minimum Gasteiger partial charge on any atom is -0.452 e. The lowest BCUT2D eigenvalue weighted by molar-refractivity contribution is -0.125. The van der Waals surface area contributed by atoms with Gasteiger partial charge in [-0.3, -0.25) is 9.59 Å². The van der Waals surface area contributed by atoms with Gasteiger partial charge in [0.05, 0.1) is 34.0 Å². The summed E-state index contributed by atoms with van der Waals surface area (Å²) >= 11 is 0. The number of benzene rings is 1. The fourth-order valence-electron chi connectivity index (χ4n) is 4.25. The number of anilines is 2. The minimum absolute atomic E-state index is 0.0300. The van der Waals surface area contributed by atoms with E-state index in [4.69, 9.17) is 4.74 Å². The summed E-state index contributed by atoms with van der Waals surface area (Å²) in [5.74, 6) is -1.42. The molecule has 0 bridgehead atoms. The van der Waals surface area contributed by atoms with Crippen molar-refractivity contribution >= 4 is 39.0 Å². The van der Waals surface area contributed by atoms with Crippen molar-refractivity contribution in [2.75, 3.05) is 34.9 Å². The van der Waals surface area contributed by atoms with Crippen LogP contribution in [0.4, 0.5) is 11.4 Å². The molecular weight excluding hydrogens is 398 g/mol. The van der Waals surface area contributed by atoms with Gasteiger partial charge >= 0.3 is 5.97 Å². The Balaban J connectivity index is 1.38. The van der Waals surface area contributed by atoms with Crippen molar-refractivity contribution in [3.63, 3.8) is 0 Å². The molecule has 1 aromatic rings. The van der Waals surface area contributed by atoms with E-state index in [1.807, 2.05) is 4.90 Å². The van der Waals surface area contributed by atoms with Crippen molar-refractivity contribution in [3.05, 3.63) is 23.8 Å². The Morgan fingerprint density at radius 3 is 2.90 bits per heavy atom. The Labute approximate surface area is 168 Å². The maximum atomic E-state index is 12.3. The first-order valence-electron chi connectivity index (χ1n) is 9.56. The smallest absolute Gasteiger partial charge is 0.338 e. The summed E-state index contributed by atoms with van der Waals surface area (Å²) in [6.45, 7) is 1.95. The Kier molecular flexibility index (Phi) is 4.76. The molecule has 4 rings (SSSR count). The number of esters is 1. The Bertz CT molecular complexity index is 992. The van der Waals surface area contributed by atoms with Gasteiger partial charge in [0, 0.05) is 6.54 Å². The quantitative estimate of drug-likeness (QED) is 0.677. The van der Waals surface area contributed by atoms with Crippen molar-refractivity contribution in [2.45, 2.75) is 37.8 Å². The number of sulfone groups is 1. The van der Waals surface area contributed by atoms with Crippen LogP contribution in [-0.2, 0) is 24.2 Å². The van der Waals surface area contributed by atoms with Crippen LogP contribution in [0.3, 0.4) is 0 Å². The molecule has 0 radical (unpaired) electrons. The fourth-order valence-corrected chi connectivity index (χ4v) is 6.35. The van der Waals surface area contributed by atoms with Crippen molar-refractivity contribution < 1.29 is 27.5 Å². The van der Waals surface area contributed by atoms with E-state index in [-0.39, 0.29) is 29.0 Å². The summed E-state index contributed by atoms with van der Waals surface area (Å²) in [6.07, 6.45) is 2.08. The van der Waals surface area contributed by atoms with E-state index >= 15 is 0 Å². The van der Waals surface area contributed by atoms with Crippen LogP contribution < -0.4 is 15.5 Å². The standard InChI is InChI=1S/C19H23N3O6S/c1-19(6-8-29(26,27)11-19)21-16(23)10-28-18(25)12-4-5-14-13(9-12)20-17(24)15-3-2-7-22(14)15/h4-5,9,15H,2-3,6-8,10-11H2,1H3,(H,20,24)(H,21,23)/t15-,19-/m0/s1. The third-order valence-corrected chi connectivity index (χ3v) is 7.54. The molecule has 0 aliphatic carbocycles. The summed E-state index contributed by atoms with van der Waals surface area (Å²) < 4.78 is 28.3. The molecule has 3 heterocycles. The number of hydrogen-bond donors (Lipinski definition) is 2. The van der Waals surface area contributed by atoms with Crippen LogP contribution in [0.5, 0.6) is 0 Å². The highest BCUT2D eigenvalue weighted by molar-refractivity contribution is 7.91. The summed E-state index contributed by atoms with van der Waals surface area (Å²) in [4.78, 5) is 38.7. The Morgan fingerprint density at radius 1 is 1.38 bits per heavy atom. The van der Waals surface area contributed by atoms with Crippen LogP contribution in [0.15, 0.2) is 18.2 Å². The highest BCUT2D eigenvalue weighted by Crippen LogP contribution is 2.37. The first kappa shape index (κ1) is 19.7. The number of amides is 2. The van der Waals surface area contributed by atoms with Gasteiger partial charge in [0.1, 0.15) is 6.04 Å². The zero-order valence-corrected chi connectivity index (χ0v) is 16.9. The molecule has 3 aliphatic rings. The molecule has 0 saturated carbocycles. The van der Waals surface area contributed by atoms with E-state index in [2.05, 4.69) is 10.6 Å². The van der Waals surface area contributed by atoms with Gasteiger partial charge in [0.25, 0.3) is 5.91 Å². The molecule has 0 aromatic heterocycles. The third kappa shape index (κ3) is 3.93. The molecule has 156 valence electrons. The number of rotatable bonds is 4. The lowest BCUT2D eigenvalue weighted by Crippen LogP contribution is -2.48. The number of hydrogen-bond acceptors (Lipinski definition) is 7. The van der Waals surface area contributed by atoms with Crippen LogP contribution in [0.2, 0.25) is 0 Å². The summed E-state index contributed by atoms with van der Waals surface area (Å²) in [5, 5.41) is 5.47. The van der Waals surface area contributed by atoms with Gasteiger partial charge in [-0.25, -0.2) is 13.2 Å². The van der Waals surface area contributed by atoms with Crippen LogP contribution in [0.1, 0.15) is 36.5 Å². The van der Waals surface area contributed by atoms with E-state index < -0.39 is 33.9 Å². The van der Waals surface area contributed by atoms with E-state index in [1.165, 1.54) is 0 Å².